The first-order valence-corrected chi connectivity index (χ1v) is 8.39. The summed E-state index contributed by atoms with van der Waals surface area (Å²) in [5.41, 5.74) is 2.08. The zero-order valence-corrected chi connectivity index (χ0v) is 15.1. The topological polar surface area (TPSA) is 88.1 Å². The summed E-state index contributed by atoms with van der Waals surface area (Å²) in [6.45, 7) is 4.00. The number of unbranched alkanes of at least 4 members (excludes halogenated alkanes) is 1. The number of phenolic OH excluding ortho intramolecular Hbond substituents is 1. The first-order valence-electron chi connectivity index (χ1n) is 7.60. The molecular formula is C17H18BrN3O3. The molecule has 0 aliphatic carbocycles. The van der Waals surface area contributed by atoms with Crippen molar-refractivity contribution in [2.45, 2.75) is 33.1 Å². The molecule has 1 N–H and O–H groups in total. The van der Waals surface area contributed by atoms with Gasteiger partial charge in [0, 0.05) is 10.5 Å². The number of phenols is 1. The monoisotopic (exact) mass is 391 g/mol. The summed E-state index contributed by atoms with van der Waals surface area (Å²) >= 11 is 3.26. The average molecular weight is 392 g/mol. The van der Waals surface area contributed by atoms with Crippen LogP contribution in [-0.2, 0) is 6.42 Å². The van der Waals surface area contributed by atoms with Gasteiger partial charge in [-0.3, -0.25) is 10.1 Å². The molecule has 0 heterocycles. The second-order valence-electron chi connectivity index (χ2n) is 5.49. The van der Waals surface area contributed by atoms with E-state index in [4.69, 9.17) is 0 Å². The van der Waals surface area contributed by atoms with E-state index in [1.807, 2.05) is 13.0 Å². The maximum atomic E-state index is 11.1. The van der Waals surface area contributed by atoms with Crippen LogP contribution in [0.2, 0.25) is 0 Å². The van der Waals surface area contributed by atoms with Crippen LogP contribution < -0.4 is 0 Å². The molecule has 6 nitrogen and oxygen atoms in total. The number of hydrogen-bond acceptors (Lipinski definition) is 5. The number of rotatable bonds is 6. The minimum atomic E-state index is -0.510. The lowest BCUT2D eigenvalue weighted by atomic mass is 10.0. The molecule has 0 atom stereocenters. The fourth-order valence-electron chi connectivity index (χ4n) is 2.31. The van der Waals surface area contributed by atoms with E-state index in [1.54, 1.807) is 12.1 Å². The van der Waals surface area contributed by atoms with Crippen molar-refractivity contribution in [1.29, 1.82) is 0 Å². The van der Waals surface area contributed by atoms with Gasteiger partial charge in [-0.25, -0.2) is 0 Å². The lowest BCUT2D eigenvalue weighted by molar-refractivity contribution is -0.384. The van der Waals surface area contributed by atoms with E-state index in [0.29, 0.717) is 10.2 Å². The Hall–Kier alpha value is -2.28. The largest absolute Gasteiger partial charge is 0.505 e. The summed E-state index contributed by atoms with van der Waals surface area (Å²) in [6, 6.07) is 8.08. The molecule has 2 rings (SSSR count). The standard InChI is InChI=1S/C17H18BrN3O3/c1-3-4-5-12-8-11(2)9-15(17(12)22)20-19-14-10-13(18)6-7-16(14)21(23)24/h6-10,22H,3-5H2,1-2H3/b20-19+. The first kappa shape index (κ1) is 18.1. The number of aromatic hydroxyl groups is 1. The molecule has 0 fully saturated rings. The lowest BCUT2D eigenvalue weighted by Crippen LogP contribution is -1.89. The number of nitrogens with zero attached hydrogens (tertiary/aromatic N) is 3. The van der Waals surface area contributed by atoms with E-state index >= 15 is 0 Å². The van der Waals surface area contributed by atoms with Crippen LogP contribution in [0.25, 0.3) is 0 Å². The molecule has 0 aromatic heterocycles. The number of azo groups is 1. The van der Waals surface area contributed by atoms with Crippen LogP contribution in [0.1, 0.15) is 30.9 Å². The number of nitro benzene ring substituents is 1. The predicted octanol–water partition coefficient (Wildman–Crippen LogP) is 6.13. The molecule has 0 saturated heterocycles. The Balaban J connectivity index is 2.41. The smallest absolute Gasteiger partial charge is 0.296 e. The quantitative estimate of drug-likeness (QED) is 0.364. The van der Waals surface area contributed by atoms with Crippen LogP contribution >= 0.6 is 15.9 Å². The van der Waals surface area contributed by atoms with Crippen LogP contribution in [0.4, 0.5) is 17.1 Å². The highest BCUT2D eigenvalue weighted by Gasteiger charge is 2.14. The Kier molecular flexibility index (Phi) is 6.03. The summed E-state index contributed by atoms with van der Waals surface area (Å²) in [5, 5.41) is 29.4. The Labute approximate surface area is 148 Å². The van der Waals surface area contributed by atoms with Crippen LogP contribution in [0.15, 0.2) is 45.0 Å². The second kappa shape index (κ2) is 8.01. The minimum absolute atomic E-state index is 0.0791. The number of hydrogen-bond donors (Lipinski definition) is 1. The molecule has 0 bridgehead atoms. The van der Waals surface area contributed by atoms with Gasteiger partial charge in [0.2, 0.25) is 0 Å². The number of benzene rings is 2. The van der Waals surface area contributed by atoms with Crippen molar-refractivity contribution in [3.05, 3.63) is 56.0 Å². The van der Waals surface area contributed by atoms with Crippen molar-refractivity contribution in [3.8, 4) is 5.75 Å². The van der Waals surface area contributed by atoms with Gasteiger partial charge in [0.25, 0.3) is 5.69 Å². The Bertz CT molecular complexity index is 791. The average Bonchev–Trinajstić information content (AvgIpc) is 2.53. The summed E-state index contributed by atoms with van der Waals surface area (Å²) in [6.07, 6.45) is 2.74. The lowest BCUT2D eigenvalue weighted by Gasteiger charge is -2.08. The highest BCUT2D eigenvalue weighted by molar-refractivity contribution is 9.10. The summed E-state index contributed by atoms with van der Waals surface area (Å²) in [5.74, 6) is 0.0791. The zero-order chi connectivity index (χ0) is 17.7. The van der Waals surface area contributed by atoms with Crippen molar-refractivity contribution >= 4 is 33.0 Å². The van der Waals surface area contributed by atoms with Gasteiger partial charge in [-0.1, -0.05) is 35.3 Å². The van der Waals surface area contributed by atoms with Gasteiger partial charge in [0.15, 0.2) is 5.69 Å². The van der Waals surface area contributed by atoms with E-state index in [9.17, 15) is 15.2 Å². The Morgan fingerprint density at radius 2 is 1.92 bits per heavy atom. The summed E-state index contributed by atoms with van der Waals surface area (Å²) < 4.78 is 0.666. The van der Waals surface area contributed by atoms with Gasteiger partial charge in [0.05, 0.1) is 4.92 Å². The molecule has 24 heavy (non-hydrogen) atoms. The second-order valence-corrected chi connectivity index (χ2v) is 6.40. The molecule has 0 aliphatic heterocycles. The van der Waals surface area contributed by atoms with Crippen molar-refractivity contribution < 1.29 is 10.0 Å². The first-order chi connectivity index (χ1) is 11.4. The van der Waals surface area contributed by atoms with Crippen LogP contribution in [0.5, 0.6) is 5.75 Å². The van der Waals surface area contributed by atoms with Crippen molar-refractivity contribution in [1.82, 2.24) is 0 Å². The molecule has 2 aromatic carbocycles. The van der Waals surface area contributed by atoms with E-state index in [2.05, 4.69) is 33.1 Å². The SMILES string of the molecule is CCCCc1cc(C)cc(/N=N/c2cc(Br)ccc2[N+](=O)[O-])c1O. The fraction of sp³-hybridized carbons (Fsp3) is 0.294. The zero-order valence-electron chi connectivity index (χ0n) is 13.5. The third kappa shape index (κ3) is 4.38. The van der Waals surface area contributed by atoms with Gasteiger partial charge in [-0.2, -0.15) is 0 Å². The normalized spacial score (nSPS) is 11.1. The number of aryl methyl sites for hydroxylation is 2. The molecule has 0 saturated carbocycles. The third-order valence-electron chi connectivity index (χ3n) is 3.51. The van der Waals surface area contributed by atoms with E-state index < -0.39 is 4.92 Å². The van der Waals surface area contributed by atoms with Crippen molar-refractivity contribution in [3.63, 3.8) is 0 Å². The molecule has 2 aromatic rings. The third-order valence-corrected chi connectivity index (χ3v) is 4.01. The van der Waals surface area contributed by atoms with E-state index in [0.717, 1.165) is 30.4 Å². The molecule has 0 radical (unpaired) electrons. The van der Waals surface area contributed by atoms with Crippen LogP contribution in [-0.4, -0.2) is 10.0 Å². The molecule has 7 heteroatoms. The highest BCUT2D eigenvalue weighted by atomic mass is 79.9. The van der Waals surface area contributed by atoms with E-state index in [-0.39, 0.29) is 17.1 Å². The number of halogens is 1. The Morgan fingerprint density at radius 3 is 2.58 bits per heavy atom. The molecule has 0 unspecified atom stereocenters. The molecule has 0 spiro atoms. The van der Waals surface area contributed by atoms with Crippen molar-refractivity contribution in [2.24, 2.45) is 10.2 Å². The van der Waals surface area contributed by atoms with E-state index in [1.165, 1.54) is 12.1 Å². The summed E-state index contributed by atoms with van der Waals surface area (Å²) in [4.78, 5) is 10.6. The predicted molar refractivity (Wildman–Crippen MR) is 96.4 cm³/mol. The molecule has 126 valence electrons. The van der Waals surface area contributed by atoms with Gasteiger partial charge in [-0.15, -0.1) is 10.2 Å². The van der Waals surface area contributed by atoms with Gasteiger partial charge in [0.1, 0.15) is 11.4 Å². The maximum absolute atomic E-state index is 11.1. The molecule has 0 aliphatic rings. The van der Waals surface area contributed by atoms with Gasteiger partial charge < -0.3 is 5.11 Å². The van der Waals surface area contributed by atoms with Crippen LogP contribution in [0, 0.1) is 17.0 Å². The summed E-state index contributed by atoms with van der Waals surface area (Å²) in [7, 11) is 0. The fourth-order valence-corrected chi connectivity index (χ4v) is 2.66. The molecular weight excluding hydrogens is 374 g/mol. The van der Waals surface area contributed by atoms with Crippen molar-refractivity contribution in [2.75, 3.05) is 0 Å². The molecule has 0 amide bonds. The Morgan fingerprint density at radius 1 is 1.21 bits per heavy atom. The maximum Gasteiger partial charge on any atom is 0.296 e. The van der Waals surface area contributed by atoms with Crippen LogP contribution in [0.3, 0.4) is 0 Å². The highest BCUT2D eigenvalue weighted by Crippen LogP contribution is 2.36. The number of nitro groups is 1. The van der Waals surface area contributed by atoms with Gasteiger partial charge >= 0.3 is 0 Å². The minimum Gasteiger partial charge on any atom is -0.505 e. The van der Waals surface area contributed by atoms with Gasteiger partial charge in [-0.05, 0) is 49.1 Å².